The van der Waals surface area contributed by atoms with Crippen LogP contribution in [0.25, 0.3) is 44.3 Å². The number of nitrogens with zero attached hydrogens (tertiary/aromatic N) is 12. The number of benzene rings is 4. The molecule has 2 amide bonds. The summed E-state index contributed by atoms with van der Waals surface area (Å²) in [6, 6.07) is 24.4. The molecule has 4 aromatic heterocycles. The number of hydrogen-bond donors (Lipinski definition) is 6. The van der Waals surface area contributed by atoms with Crippen LogP contribution in [0.2, 0.25) is 0 Å². The van der Waals surface area contributed by atoms with Gasteiger partial charge in [-0.1, -0.05) is 49.6 Å². The van der Waals surface area contributed by atoms with E-state index in [0.717, 1.165) is 147 Å². The SMILES string of the molecule is C=CC(=O)Nc1cc(Nc2nccc(-c3c(N4CC[C@@H](O)C4)n4c5c(cccc35)CCC4)n2)c(OC)cc1N(C)CCN(C)C.C=CC(=O)Nc1cc(Nc2nccc(-c3c(N4CC[C@H](O)C4)n4c5c(cccc35)CCC4)n2)c(OC)cc1N(C)CCN(C)C. The highest BCUT2D eigenvalue weighted by Gasteiger charge is 2.33. The quantitative estimate of drug-likeness (QED) is 0.0349. The van der Waals surface area contributed by atoms with Gasteiger partial charge in [-0.25, -0.2) is 19.9 Å². The largest absolute Gasteiger partial charge is 0.494 e. The number of carbonyl (C=O) groups is 2. The predicted molar refractivity (Wildman–Crippen MR) is 362 cm³/mol. The van der Waals surface area contributed by atoms with E-state index in [-0.39, 0.29) is 24.0 Å². The van der Waals surface area contributed by atoms with E-state index in [1.165, 1.54) is 34.3 Å². The molecule has 4 aromatic carbocycles. The molecule has 22 heteroatoms. The molecule has 8 heterocycles. The van der Waals surface area contributed by atoms with Gasteiger partial charge in [-0.2, -0.15) is 0 Å². The molecule has 2 atom stereocenters. The van der Waals surface area contributed by atoms with E-state index in [1.807, 2.05) is 78.7 Å². The Hall–Kier alpha value is -9.22. The summed E-state index contributed by atoms with van der Waals surface area (Å²) < 4.78 is 16.4. The molecule has 0 unspecified atom stereocenters. The molecule has 0 saturated carbocycles. The monoisotopic (exact) mass is 1220 g/mol. The number of methoxy groups -OCH3 is 2. The molecule has 0 spiro atoms. The van der Waals surface area contributed by atoms with Crippen molar-refractivity contribution >= 4 is 91.3 Å². The van der Waals surface area contributed by atoms with Gasteiger partial charge in [0.05, 0.1) is 94.1 Å². The highest BCUT2D eigenvalue weighted by atomic mass is 16.5. The van der Waals surface area contributed by atoms with Crippen molar-refractivity contribution in [1.82, 2.24) is 38.9 Å². The second-order valence-electron chi connectivity index (χ2n) is 24.1. The van der Waals surface area contributed by atoms with Crippen molar-refractivity contribution in [2.45, 2.75) is 63.8 Å². The maximum Gasteiger partial charge on any atom is 0.247 e. The van der Waals surface area contributed by atoms with Gasteiger partial charge in [-0.15, -0.1) is 0 Å². The lowest BCUT2D eigenvalue weighted by molar-refractivity contribution is -0.112. The van der Waals surface area contributed by atoms with Crippen LogP contribution >= 0.6 is 0 Å². The van der Waals surface area contributed by atoms with Gasteiger partial charge in [0.15, 0.2) is 0 Å². The number of aliphatic hydroxyl groups excluding tert-OH is 2. The third-order valence-electron chi connectivity index (χ3n) is 17.3. The summed E-state index contributed by atoms with van der Waals surface area (Å²) in [6.07, 6.45) is 11.1. The number of carbonyl (C=O) groups excluding carboxylic acids is 2. The van der Waals surface area contributed by atoms with Gasteiger partial charge in [0.2, 0.25) is 23.7 Å². The van der Waals surface area contributed by atoms with Crippen LogP contribution in [0.15, 0.2) is 111 Å². The number of hydrogen-bond acceptors (Lipinski definition) is 18. The fraction of sp³-hybridized carbons (Fsp3) is 0.382. The molecule has 4 aliphatic heterocycles. The van der Waals surface area contributed by atoms with E-state index >= 15 is 0 Å². The van der Waals surface area contributed by atoms with Gasteiger partial charge in [0, 0.05) is 115 Å². The first-order valence-electron chi connectivity index (χ1n) is 30.9. The van der Waals surface area contributed by atoms with Crippen LogP contribution in [-0.2, 0) is 35.5 Å². The molecule has 2 saturated heterocycles. The summed E-state index contributed by atoms with van der Waals surface area (Å²) in [6.45, 7) is 15.0. The van der Waals surface area contributed by atoms with Crippen molar-refractivity contribution < 1.29 is 29.3 Å². The fourth-order valence-corrected chi connectivity index (χ4v) is 12.8. The minimum Gasteiger partial charge on any atom is -0.494 e. The minimum absolute atomic E-state index is 0.306. The fourth-order valence-electron chi connectivity index (χ4n) is 12.8. The maximum absolute atomic E-state index is 12.4. The highest BCUT2D eigenvalue weighted by molar-refractivity contribution is 6.07. The molecule has 4 aliphatic rings. The third kappa shape index (κ3) is 13.1. The Balaban J connectivity index is 0.000000185. The number of para-hydroxylation sites is 2. The molecule has 2 fully saturated rings. The van der Waals surface area contributed by atoms with E-state index in [0.29, 0.717) is 59.2 Å². The second-order valence-corrected chi connectivity index (χ2v) is 24.1. The summed E-state index contributed by atoms with van der Waals surface area (Å²) in [7, 11) is 15.3. The van der Waals surface area contributed by atoms with E-state index < -0.39 is 0 Å². The van der Waals surface area contributed by atoms with E-state index in [4.69, 9.17) is 19.4 Å². The molecular weight excluding hydrogens is 1140 g/mol. The van der Waals surface area contributed by atoms with E-state index in [9.17, 15) is 19.8 Å². The lowest BCUT2D eigenvalue weighted by Gasteiger charge is -2.26. The first kappa shape index (κ1) is 62.4. The zero-order chi connectivity index (χ0) is 63.3. The van der Waals surface area contributed by atoms with Crippen LogP contribution < -0.4 is 50.3 Å². The van der Waals surface area contributed by atoms with Crippen molar-refractivity contribution in [2.24, 2.45) is 0 Å². The summed E-state index contributed by atoms with van der Waals surface area (Å²) >= 11 is 0. The Labute approximate surface area is 526 Å². The number of aromatic nitrogens is 6. The molecule has 6 N–H and O–H groups in total. The average Bonchev–Trinajstić information content (AvgIpc) is 1.59. The number of likely N-dealkylation sites (N-methyl/N-ethyl adjacent to an activating group) is 4. The molecule has 8 aromatic rings. The van der Waals surface area contributed by atoms with E-state index in [1.54, 1.807) is 26.6 Å². The number of ether oxygens (including phenoxy) is 2. The normalized spacial score (nSPS) is 15.9. The van der Waals surface area contributed by atoms with Crippen molar-refractivity contribution in [3.63, 3.8) is 0 Å². The number of aryl methyl sites for hydroxylation is 4. The smallest absolute Gasteiger partial charge is 0.247 e. The Kier molecular flexibility index (Phi) is 18.9. The van der Waals surface area contributed by atoms with Crippen LogP contribution in [0, 0.1) is 0 Å². The van der Waals surface area contributed by atoms with Crippen LogP contribution in [0.3, 0.4) is 0 Å². The molecular formula is C68H84N16O6. The number of rotatable bonds is 22. The average molecular weight is 1220 g/mol. The first-order chi connectivity index (χ1) is 43.5. The number of β-amino-alcohol motifs (C(OH)–C–C–N with tert-alkyl or cyclic N) is 2. The second kappa shape index (κ2) is 27.3. The third-order valence-corrected chi connectivity index (χ3v) is 17.3. The van der Waals surface area contributed by atoms with Gasteiger partial charge in [-0.3, -0.25) is 9.59 Å². The van der Waals surface area contributed by atoms with E-state index in [2.05, 4.69) is 119 Å². The minimum atomic E-state index is -0.345. The van der Waals surface area contributed by atoms with Crippen molar-refractivity contribution in [1.29, 1.82) is 0 Å². The number of aliphatic hydroxyl groups is 2. The zero-order valence-corrected chi connectivity index (χ0v) is 53.0. The van der Waals surface area contributed by atoms with Gasteiger partial charge < -0.3 is 79.5 Å². The van der Waals surface area contributed by atoms with Gasteiger partial charge >= 0.3 is 0 Å². The zero-order valence-electron chi connectivity index (χ0n) is 53.0. The number of anilines is 10. The van der Waals surface area contributed by atoms with Gasteiger partial charge in [-0.05, 0) is 114 Å². The Morgan fingerprint density at radius 1 is 0.589 bits per heavy atom. The number of nitrogens with one attached hydrogen (secondary N) is 4. The van der Waals surface area contributed by atoms with Crippen LogP contribution in [0.1, 0.15) is 36.8 Å². The molecule has 0 aliphatic carbocycles. The molecule has 472 valence electrons. The van der Waals surface area contributed by atoms with Crippen molar-refractivity contribution in [3.05, 3.63) is 122 Å². The number of amides is 2. The Bertz CT molecular complexity index is 3720. The molecule has 0 bridgehead atoms. The molecule has 22 nitrogen and oxygen atoms in total. The highest BCUT2D eigenvalue weighted by Crippen LogP contribution is 2.47. The van der Waals surface area contributed by atoms with Gasteiger partial charge in [0.1, 0.15) is 23.1 Å². The standard InChI is InChI=1S/2C34H42N8O3/c2*1-6-30(44)36-26-19-27(29(45-5)20-28(26)40(4)18-17-39(2)3)38-34-35-14-12-25(37-34)31-24-11-7-9-22-10-8-15-42(32(22)24)33(31)41-16-13-23(43)21-41/h2*6-7,9,11-12,14,19-20,23,43H,1,8,10,13,15-18,21H2,2-5H3,(H,36,44)(H,35,37,38)/t2*23-/m10/s1. The van der Waals surface area contributed by atoms with Crippen LogP contribution in [-0.4, -0.2) is 182 Å². The predicted octanol–water partition coefficient (Wildman–Crippen LogP) is 8.98. The van der Waals surface area contributed by atoms with Gasteiger partial charge in [0.25, 0.3) is 0 Å². The lowest BCUT2D eigenvalue weighted by atomic mass is 10.0. The Morgan fingerprint density at radius 2 is 1.01 bits per heavy atom. The maximum atomic E-state index is 12.4. The molecule has 0 radical (unpaired) electrons. The molecule has 90 heavy (non-hydrogen) atoms. The molecule has 12 rings (SSSR count). The van der Waals surface area contributed by atoms with Crippen molar-refractivity contribution in [3.8, 4) is 34.0 Å². The van der Waals surface area contributed by atoms with Crippen LogP contribution in [0.4, 0.5) is 57.7 Å². The van der Waals surface area contributed by atoms with Crippen LogP contribution in [0.5, 0.6) is 11.5 Å². The van der Waals surface area contributed by atoms with Crippen molar-refractivity contribution in [2.75, 3.05) is 150 Å². The summed E-state index contributed by atoms with van der Waals surface area (Å²) in [4.78, 5) is 57.0. The summed E-state index contributed by atoms with van der Waals surface area (Å²) in [5.41, 5.74) is 13.0. The summed E-state index contributed by atoms with van der Waals surface area (Å²) in [5.74, 6) is 3.58. The first-order valence-corrected chi connectivity index (χ1v) is 30.9. The Morgan fingerprint density at radius 3 is 1.38 bits per heavy atom. The lowest BCUT2D eigenvalue weighted by Crippen LogP contribution is -2.29. The summed E-state index contributed by atoms with van der Waals surface area (Å²) in [5, 5.41) is 35.8. The topological polar surface area (TPSA) is 222 Å².